The highest BCUT2D eigenvalue weighted by Gasteiger charge is 2.50. The lowest BCUT2D eigenvalue weighted by atomic mass is 9.42. The Bertz CT molecular complexity index is 2820. The van der Waals surface area contributed by atoms with Gasteiger partial charge in [-0.2, -0.15) is 0 Å². The van der Waals surface area contributed by atoms with Crippen LogP contribution in [0, 0.1) is 0 Å². The van der Waals surface area contributed by atoms with Crippen molar-refractivity contribution >= 4 is 68.1 Å². The highest BCUT2D eigenvalue weighted by atomic mass is 16.3. The van der Waals surface area contributed by atoms with E-state index in [9.17, 15) is 0 Å². The van der Waals surface area contributed by atoms with E-state index in [-0.39, 0.29) is 17.7 Å². The van der Waals surface area contributed by atoms with Crippen LogP contribution in [0.2, 0.25) is 0 Å². The molecule has 0 bridgehead atoms. The van der Waals surface area contributed by atoms with Gasteiger partial charge in [0.2, 0.25) is 0 Å². The Hall–Kier alpha value is -6.00. The van der Waals surface area contributed by atoms with Gasteiger partial charge in [0.05, 0.1) is 11.4 Å². The molecule has 0 spiro atoms. The van der Waals surface area contributed by atoms with E-state index >= 15 is 0 Å². The van der Waals surface area contributed by atoms with Crippen LogP contribution in [-0.4, -0.2) is 6.85 Å². The van der Waals surface area contributed by atoms with Crippen LogP contribution >= 0.6 is 0 Å². The van der Waals surface area contributed by atoms with E-state index in [4.69, 9.17) is 4.42 Å². The van der Waals surface area contributed by atoms with Crippen LogP contribution in [0.4, 0.5) is 28.4 Å². The summed E-state index contributed by atoms with van der Waals surface area (Å²) in [6, 6.07) is 54.0. The van der Waals surface area contributed by atoms with Crippen LogP contribution in [0.3, 0.4) is 0 Å². The Labute approximate surface area is 311 Å². The molecule has 0 saturated carbocycles. The van der Waals surface area contributed by atoms with Gasteiger partial charge >= 0.3 is 6.85 Å². The first-order valence-corrected chi connectivity index (χ1v) is 18.8. The summed E-state index contributed by atoms with van der Waals surface area (Å²) in [6.45, 7) is 11.7. The van der Waals surface area contributed by atoms with Gasteiger partial charge in [-0.3, -0.25) is 0 Å². The van der Waals surface area contributed by atoms with Crippen molar-refractivity contribution in [3.05, 3.63) is 162 Å². The van der Waals surface area contributed by atoms with Gasteiger partial charge in [0.25, 0.3) is 0 Å². The summed E-state index contributed by atoms with van der Waals surface area (Å²) >= 11 is 0. The maximum atomic E-state index is 6.83. The number of furan rings is 1. The number of benzene rings is 7. The molecular formula is C49H39BN2O. The van der Waals surface area contributed by atoms with E-state index in [0.29, 0.717) is 0 Å². The number of fused-ring (bicyclic) bond motifs is 9. The Morgan fingerprint density at radius 1 is 0.566 bits per heavy atom. The molecule has 0 atom stereocenters. The Balaban J connectivity index is 1.30. The third-order valence-corrected chi connectivity index (χ3v) is 12.2. The van der Waals surface area contributed by atoms with Gasteiger partial charge in [-0.25, -0.2) is 0 Å². The molecule has 1 aromatic heterocycles. The predicted molar refractivity (Wildman–Crippen MR) is 224 cm³/mol. The van der Waals surface area contributed by atoms with E-state index in [2.05, 4.69) is 190 Å². The molecule has 0 unspecified atom stereocenters. The summed E-state index contributed by atoms with van der Waals surface area (Å²) in [6.07, 6.45) is 0. The molecule has 0 aliphatic carbocycles. The number of rotatable bonds is 2. The molecular weight excluding hydrogens is 643 g/mol. The largest absolute Gasteiger partial charge is 0.454 e. The Kier molecular flexibility index (Phi) is 6.09. The molecule has 3 nitrogen and oxygen atoms in total. The van der Waals surface area contributed by atoms with E-state index < -0.39 is 0 Å². The van der Waals surface area contributed by atoms with Gasteiger partial charge in [-0.05, 0) is 86.1 Å². The molecule has 0 N–H and O–H groups in total. The van der Waals surface area contributed by atoms with Crippen LogP contribution in [0.5, 0.6) is 0 Å². The lowest BCUT2D eigenvalue weighted by molar-refractivity contribution is 0.590. The lowest BCUT2D eigenvalue weighted by Gasteiger charge is -2.50. The third kappa shape index (κ3) is 4.12. The van der Waals surface area contributed by atoms with Crippen molar-refractivity contribution < 1.29 is 4.42 Å². The quantitative estimate of drug-likeness (QED) is 0.169. The van der Waals surface area contributed by atoms with Crippen molar-refractivity contribution in [3.8, 4) is 22.3 Å². The Morgan fingerprint density at radius 3 is 2.13 bits per heavy atom. The standard InChI is InChI=1S/C49H39BN2O/c1-48(2,3)32-28-36-35-27-31(30-15-7-6-8-16-30)25-26-40(35)52(42-23-13-18-34-33-17-9-12-24-44(33)53-47(34)42)50-39-21-14-20-38-46(39)51(43(29-32)45(36)50)41-22-11-10-19-37(41)49(38,4)5/h6-29H,1-5H3. The molecule has 3 aliphatic rings. The van der Waals surface area contributed by atoms with Crippen LogP contribution in [-0.2, 0) is 10.8 Å². The molecule has 254 valence electrons. The molecule has 4 heteroatoms. The van der Waals surface area contributed by atoms with Crippen molar-refractivity contribution in [3.63, 3.8) is 0 Å². The molecule has 8 aromatic rings. The summed E-state index contributed by atoms with van der Waals surface area (Å²) in [4.78, 5) is 5.19. The van der Waals surface area contributed by atoms with Gasteiger partial charge in [0.15, 0.2) is 5.58 Å². The van der Waals surface area contributed by atoms with E-state index in [0.717, 1.165) is 27.6 Å². The molecule has 0 radical (unpaired) electrons. The fourth-order valence-electron chi connectivity index (χ4n) is 9.54. The van der Waals surface area contributed by atoms with Gasteiger partial charge in [-0.1, -0.05) is 144 Å². The zero-order valence-corrected chi connectivity index (χ0v) is 30.7. The number of para-hydroxylation sites is 4. The van der Waals surface area contributed by atoms with Crippen LogP contribution in [0.25, 0.3) is 44.2 Å². The number of nitrogens with zero attached hydrogens (tertiary/aromatic N) is 2. The van der Waals surface area contributed by atoms with Gasteiger partial charge < -0.3 is 14.1 Å². The van der Waals surface area contributed by atoms with Crippen LogP contribution < -0.4 is 20.6 Å². The normalized spacial score (nSPS) is 14.9. The minimum atomic E-state index is -0.179. The summed E-state index contributed by atoms with van der Waals surface area (Å²) < 4.78 is 6.83. The molecule has 4 heterocycles. The molecule has 0 amide bonds. The summed E-state index contributed by atoms with van der Waals surface area (Å²) in [5, 5.41) is 2.28. The highest BCUT2D eigenvalue weighted by Crippen LogP contribution is 2.55. The predicted octanol–water partition coefficient (Wildman–Crippen LogP) is 11.9. The summed E-state index contributed by atoms with van der Waals surface area (Å²) in [5.41, 5.74) is 19.3. The maximum absolute atomic E-state index is 6.83. The second-order valence-electron chi connectivity index (χ2n) is 16.6. The number of hydrogen-bond acceptors (Lipinski definition) is 3. The van der Waals surface area contributed by atoms with Gasteiger partial charge in [0.1, 0.15) is 5.58 Å². The average Bonchev–Trinajstić information content (AvgIpc) is 3.56. The van der Waals surface area contributed by atoms with Crippen LogP contribution in [0.1, 0.15) is 51.3 Å². The second-order valence-corrected chi connectivity index (χ2v) is 16.6. The minimum absolute atomic E-state index is 0.0659. The smallest absolute Gasteiger partial charge is 0.333 e. The monoisotopic (exact) mass is 682 g/mol. The molecule has 7 aromatic carbocycles. The van der Waals surface area contributed by atoms with Crippen molar-refractivity contribution in [1.82, 2.24) is 0 Å². The summed E-state index contributed by atoms with van der Waals surface area (Å²) in [5.74, 6) is 0. The molecule has 0 fully saturated rings. The first-order valence-electron chi connectivity index (χ1n) is 18.8. The highest BCUT2D eigenvalue weighted by molar-refractivity contribution is 6.93. The molecule has 53 heavy (non-hydrogen) atoms. The second kappa shape index (κ2) is 10.5. The zero-order valence-electron chi connectivity index (χ0n) is 30.7. The van der Waals surface area contributed by atoms with Crippen molar-refractivity contribution in [2.45, 2.75) is 45.4 Å². The van der Waals surface area contributed by atoms with Crippen molar-refractivity contribution in [1.29, 1.82) is 0 Å². The SMILES string of the molecule is CC(C)(C)c1cc2c3c(c1)N1c4ccccc4C(C)(C)c4cccc(c41)B3N(c1cccc3c1oc1ccccc13)c1ccc(-c3ccccc3)cc1-2. The van der Waals surface area contributed by atoms with E-state index in [1.165, 1.54) is 72.6 Å². The van der Waals surface area contributed by atoms with Gasteiger partial charge in [0, 0.05) is 38.8 Å². The lowest BCUT2D eigenvalue weighted by Crippen LogP contribution is -2.62. The van der Waals surface area contributed by atoms with Crippen molar-refractivity contribution in [2.24, 2.45) is 0 Å². The number of hydrogen-bond donors (Lipinski definition) is 0. The Morgan fingerprint density at radius 2 is 1.28 bits per heavy atom. The van der Waals surface area contributed by atoms with E-state index in [1.807, 2.05) is 0 Å². The zero-order chi connectivity index (χ0) is 35.8. The minimum Gasteiger partial charge on any atom is -0.454 e. The molecule has 11 rings (SSSR count). The summed E-state index contributed by atoms with van der Waals surface area (Å²) in [7, 11) is 0. The first-order chi connectivity index (χ1) is 25.7. The average molecular weight is 683 g/mol. The topological polar surface area (TPSA) is 19.6 Å². The maximum Gasteiger partial charge on any atom is 0.333 e. The fraction of sp³-hybridized carbons (Fsp3) is 0.143. The van der Waals surface area contributed by atoms with Crippen molar-refractivity contribution in [2.75, 3.05) is 9.71 Å². The first kappa shape index (κ1) is 30.6. The third-order valence-electron chi connectivity index (χ3n) is 12.2. The fourth-order valence-corrected chi connectivity index (χ4v) is 9.54. The van der Waals surface area contributed by atoms with Gasteiger partial charge in [-0.15, -0.1) is 0 Å². The van der Waals surface area contributed by atoms with Crippen LogP contribution in [0.15, 0.2) is 150 Å². The molecule has 0 saturated heterocycles. The number of anilines is 5. The van der Waals surface area contributed by atoms with E-state index in [1.54, 1.807) is 0 Å². The molecule has 3 aliphatic heterocycles.